The van der Waals surface area contributed by atoms with Crippen LogP contribution in [0, 0.1) is 0 Å². The molecule has 18 heavy (non-hydrogen) atoms. The maximum Gasteiger partial charge on any atom is 0.216 e. The van der Waals surface area contributed by atoms with Crippen LogP contribution >= 0.6 is 11.8 Å². The van der Waals surface area contributed by atoms with Crippen molar-refractivity contribution in [3.05, 3.63) is 29.8 Å². The fraction of sp³-hybridized carbons (Fsp3) is 0.500. The van der Waals surface area contributed by atoms with E-state index in [2.05, 4.69) is 4.72 Å². The number of sulfonamides is 1. The van der Waals surface area contributed by atoms with Gasteiger partial charge in [-0.1, -0.05) is 18.2 Å². The Bertz CT molecular complexity index is 475. The van der Waals surface area contributed by atoms with Gasteiger partial charge in [-0.25, -0.2) is 13.1 Å². The van der Waals surface area contributed by atoms with Gasteiger partial charge in [-0.05, 0) is 37.0 Å². The number of benzene rings is 1. The van der Waals surface area contributed by atoms with Gasteiger partial charge in [-0.2, -0.15) is 11.8 Å². The molecular weight excluding hydrogens is 268 g/mol. The molecule has 0 aliphatic carbocycles. The molecule has 0 aliphatic rings. The normalized spacial score (nSPS) is 13.4. The van der Waals surface area contributed by atoms with Crippen molar-refractivity contribution in [1.29, 1.82) is 0 Å². The Labute approximate surface area is 113 Å². The molecule has 0 fully saturated rings. The summed E-state index contributed by atoms with van der Waals surface area (Å²) in [6.45, 7) is 1.88. The van der Waals surface area contributed by atoms with Crippen molar-refractivity contribution < 1.29 is 8.42 Å². The summed E-state index contributed by atoms with van der Waals surface area (Å²) < 4.78 is 26.6. The summed E-state index contributed by atoms with van der Waals surface area (Å²) in [5.74, 6) is 0.875. The van der Waals surface area contributed by atoms with Gasteiger partial charge in [0.25, 0.3) is 0 Å². The van der Waals surface area contributed by atoms with Crippen molar-refractivity contribution in [2.24, 2.45) is 0 Å². The quantitative estimate of drug-likeness (QED) is 0.751. The van der Waals surface area contributed by atoms with Gasteiger partial charge in [0.15, 0.2) is 0 Å². The predicted octanol–water partition coefficient (Wildman–Crippen LogP) is 1.83. The van der Waals surface area contributed by atoms with E-state index < -0.39 is 10.0 Å². The van der Waals surface area contributed by atoms with Gasteiger partial charge in [0.1, 0.15) is 0 Å². The summed E-state index contributed by atoms with van der Waals surface area (Å²) in [6.07, 6.45) is 2.83. The third-order valence-corrected chi connectivity index (χ3v) is 4.63. The molecule has 0 spiro atoms. The van der Waals surface area contributed by atoms with Gasteiger partial charge in [0.2, 0.25) is 10.0 Å². The van der Waals surface area contributed by atoms with Gasteiger partial charge in [-0.15, -0.1) is 0 Å². The van der Waals surface area contributed by atoms with Crippen LogP contribution in [-0.4, -0.2) is 26.5 Å². The lowest BCUT2D eigenvalue weighted by atomic mass is 10.2. The van der Waals surface area contributed by atoms with E-state index in [-0.39, 0.29) is 11.8 Å². The summed E-state index contributed by atoms with van der Waals surface area (Å²) in [6, 6.07) is 6.98. The fourth-order valence-electron chi connectivity index (χ4n) is 1.57. The summed E-state index contributed by atoms with van der Waals surface area (Å²) in [5, 5.41) is 0. The Kier molecular flexibility index (Phi) is 5.98. The molecule has 3 N–H and O–H groups in total. The number of para-hydroxylation sites is 1. The van der Waals surface area contributed by atoms with E-state index in [1.807, 2.05) is 13.2 Å². The summed E-state index contributed by atoms with van der Waals surface area (Å²) in [7, 11) is -3.33. The first-order chi connectivity index (χ1) is 8.44. The van der Waals surface area contributed by atoms with Gasteiger partial charge < -0.3 is 5.73 Å². The zero-order valence-electron chi connectivity index (χ0n) is 10.7. The van der Waals surface area contributed by atoms with E-state index in [0.717, 1.165) is 12.2 Å². The number of nitrogen functional groups attached to an aromatic ring is 1. The Morgan fingerprint density at radius 3 is 2.67 bits per heavy atom. The van der Waals surface area contributed by atoms with Crippen LogP contribution in [0.15, 0.2) is 24.3 Å². The zero-order valence-corrected chi connectivity index (χ0v) is 12.4. The third kappa shape index (κ3) is 5.29. The highest BCUT2D eigenvalue weighted by Gasteiger charge is 2.16. The Morgan fingerprint density at radius 1 is 1.39 bits per heavy atom. The Balaban J connectivity index is 2.63. The minimum absolute atomic E-state index is 0.0487. The van der Waals surface area contributed by atoms with Crippen LogP contribution in [0.2, 0.25) is 0 Å². The maximum absolute atomic E-state index is 12.0. The number of rotatable bonds is 7. The topological polar surface area (TPSA) is 72.2 Å². The number of nitrogens with two attached hydrogens (primary N) is 1. The van der Waals surface area contributed by atoms with E-state index in [4.69, 9.17) is 5.73 Å². The molecule has 0 aliphatic heterocycles. The molecule has 0 bridgehead atoms. The van der Waals surface area contributed by atoms with Crippen LogP contribution in [0.3, 0.4) is 0 Å². The van der Waals surface area contributed by atoms with E-state index >= 15 is 0 Å². The van der Waals surface area contributed by atoms with E-state index in [1.165, 1.54) is 0 Å². The monoisotopic (exact) mass is 288 g/mol. The number of anilines is 1. The average Bonchev–Trinajstić information content (AvgIpc) is 2.28. The van der Waals surface area contributed by atoms with Crippen molar-refractivity contribution in [3.63, 3.8) is 0 Å². The largest absolute Gasteiger partial charge is 0.398 e. The zero-order chi connectivity index (χ0) is 13.6. The SMILES string of the molecule is CSCCC(C)NS(=O)(=O)Cc1ccccc1N. The standard InChI is InChI=1S/C12H20N2O2S2/c1-10(7-8-17-2)14-18(15,16)9-11-5-3-4-6-12(11)13/h3-6,10,14H,7-9,13H2,1-2H3. The van der Waals surface area contributed by atoms with E-state index in [0.29, 0.717) is 11.3 Å². The highest BCUT2D eigenvalue weighted by molar-refractivity contribution is 7.98. The minimum Gasteiger partial charge on any atom is -0.398 e. The molecule has 0 saturated carbocycles. The van der Waals surface area contributed by atoms with Gasteiger partial charge in [0.05, 0.1) is 5.75 Å². The summed E-state index contributed by atoms with van der Waals surface area (Å²) >= 11 is 1.71. The smallest absolute Gasteiger partial charge is 0.216 e. The first kappa shape index (κ1) is 15.3. The first-order valence-corrected chi connectivity index (χ1v) is 8.81. The van der Waals surface area contributed by atoms with E-state index in [9.17, 15) is 8.42 Å². The maximum atomic E-state index is 12.0. The van der Waals surface area contributed by atoms with Crippen molar-refractivity contribution in [3.8, 4) is 0 Å². The summed E-state index contributed by atoms with van der Waals surface area (Å²) in [5.41, 5.74) is 6.90. The summed E-state index contributed by atoms with van der Waals surface area (Å²) in [4.78, 5) is 0. The molecule has 4 nitrogen and oxygen atoms in total. The Hall–Kier alpha value is -0.720. The molecule has 6 heteroatoms. The van der Waals surface area contributed by atoms with Crippen LogP contribution in [0.1, 0.15) is 18.9 Å². The molecular formula is C12H20N2O2S2. The number of nitrogens with one attached hydrogen (secondary N) is 1. The lowest BCUT2D eigenvalue weighted by Gasteiger charge is -2.14. The van der Waals surface area contributed by atoms with Crippen LogP contribution in [0.5, 0.6) is 0 Å². The molecule has 1 aromatic carbocycles. The molecule has 1 aromatic rings. The van der Waals surface area contributed by atoms with Crippen molar-refractivity contribution in [2.75, 3.05) is 17.7 Å². The van der Waals surface area contributed by atoms with Crippen molar-refractivity contribution in [1.82, 2.24) is 4.72 Å². The van der Waals surface area contributed by atoms with Gasteiger partial charge in [-0.3, -0.25) is 0 Å². The van der Waals surface area contributed by atoms with Crippen LogP contribution in [-0.2, 0) is 15.8 Å². The highest BCUT2D eigenvalue weighted by Crippen LogP contribution is 2.14. The van der Waals surface area contributed by atoms with Gasteiger partial charge in [0, 0.05) is 11.7 Å². The van der Waals surface area contributed by atoms with Crippen LogP contribution in [0.25, 0.3) is 0 Å². The van der Waals surface area contributed by atoms with Crippen molar-refractivity contribution in [2.45, 2.75) is 25.1 Å². The van der Waals surface area contributed by atoms with Crippen molar-refractivity contribution >= 4 is 27.5 Å². The average molecular weight is 288 g/mol. The second-order valence-corrected chi connectivity index (χ2v) is 7.00. The Morgan fingerprint density at radius 2 is 2.06 bits per heavy atom. The molecule has 0 amide bonds. The first-order valence-electron chi connectivity index (χ1n) is 5.77. The molecule has 1 unspecified atom stereocenters. The lowest BCUT2D eigenvalue weighted by molar-refractivity contribution is 0.556. The molecule has 0 heterocycles. The van der Waals surface area contributed by atoms with Crippen LogP contribution < -0.4 is 10.5 Å². The molecule has 102 valence electrons. The minimum atomic E-state index is -3.33. The number of hydrogen-bond acceptors (Lipinski definition) is 4. The van der Waals surface area contributed by atoms with Crippen LogP contribution in [0.4, 0.5) is 5.69 Å². The number of thioether (sulfide) groups is 1. The molecule has 0 radical (unpaired) electrons. The lowest BCUT2D eigenvalue weighted by Crippen LogP contribution is -2.34. The van der Waals surface area contributed by atoms with E-state index in [1.54, 1.807) is 36.0 Å². The molecule has 0 aromatic heterocycles. The number of hydrogen-bond donors (Lipinski definition) is 2. The second kappa shape index (κ2) is 7.01. The fourth-order valence-corrected chi connectivity index (χ4v) is 3.65. The second-order valence-electron chi connectivity index (χ2n) is 4.26. The highest BCUT2D eigenvalue weighted by atomic mass is 32.2. The predicted molar refractivity (Wildman–Crippen MR) is 79.1 cm³/mol. The molecule has 1 rings (SSSR count). The third-order valence-electron chi connectivity index (χ3n) is 2.54. The van der Waals surface area contributed by atoms with Gasteiger partial charge >= 0.3 is 0 Å². The molecule has 1 atom stereocenters. The molecule has 0 saturated heterocycles.